The Hall–Kier alpha value is -7.56. The summed E-state index contributed by atoms with van der Waals surface area (Å²) in [6.45, 7) is -0.242. The van der Waals surface area contributed by atoms with Gasteiger partial charge in [0.25, 0.3) is 18.2 Å². The van der Waals surface area contributed by atoms with Crippen molar-refractivity contribution in [2.75, 3.05) is 32.7 Å². The van der Waals surface area contributed by atoms with Gasteiger partial charge in [-0.1, -0.05) is 54.3 Å². The second-order valence-electron chi connectivity index (χ2n) is 21.7. The Morgan fingerprint density at radius 3 is 2.35 bits per heavy atom. The van der Waals surface area contributed by atoms with Crippen LogP contribution in [0.25, 0.3) is 10.1 Å². The Balaban J connectivity index is 0.847. The van der Waals surface area contributed by atoms with Crippen LogP contribution in [0.2, 0.25) is 0 Å². The maximum atomic E-state index is 14.7. The van der Waals surface area contributed by atoms with E-state index >= 15 is 0 Å². The van der Waals surface area contributed by atoms with E-state index in [1.165, 1.54) is 20.8 Å². The normalized spacial score (nSPS) is 21.4. The van der Waals surface area contributed by atoms with Gasteiger partial charge in [-0.05, 0) is 104 Å². The third kappa shape index (κ3) is 13.7. The van der Waals surface area contributed by atoms with E-state index in [9.17, 15) is 75.1 Å². The van der Waals surface area contributed by atoms with Crippen molar-refractivity contribution in [1.29, 1.82) is 0 Å². The molecule has 0 bridgehead atoms. The number of carbonyl (C=O) groups excluding carboxylic acids is 9. The summed E-state index contributed by atoms with van der Waals surface area (Å²) in [6, 6.07) is 10.7. The standard InChI is InChI=1S/C57H62F4N9O12PS/c58-46(59)31-67-24-23-37-14-16-43(70(37)55(78)41(30-67)64-53(76)45-28-35-27-36(13-18-44(35)84-45)57(60,61)83(80,81)82)52(75)63-40(15-19-47(62)71)50(73)66-49(34-9-2-1-3-10-34)56(79)68-25-21-32(22-26-68)7-4-5-8-33-11-6-12-38-39(33)29-69(54(38)77)42-17-20-48(72)65-51(42)74/h1-3,6,9-13,18,27-28,32,37,40-43,46,49H,4,7,14-17,19-26,29-31H2,(H2,62,71)(H,63,75)(H,64,76)(H,66,73)(H,65,72,74)(H2,80,81,82)/t37-,40+,41+,42?,43+,49+/m1/s1. The molecule has 84 heavy (non-hydrogen) atoms. The van der Waals surface area contributed by atoms with Gasteiger partial charge in [-0.3, -0.25) is 57.9 Å². The van der Waals surface area contributed by atoms with Crippen molar-refractivity contribution in [1.82, 2.24) is 40.9 Å². The number of carbonyl (C=O) groups is 9. The van der Waals surface area contributed by atoms with Gasteiger partial charge >= 0.3 is 13.3 Å². The zero-order chi connectivity index (χ0) is 60.2. The van der Waals surface area contributed by atoms with E-state index in [2.05, 4.69) is 33.1 Å². The number of imide groups is 1. The summed E-state index contributed by atoms with van der Waals surface area (Å²) in [5.74, 6) is 0.894. The van der Waals surface area contributed by atoms with Crippen LogP contribution in [0.3, 0.4) is 0 Å². The molecular weight excluding hydrogens is 1140 g/mol. The number of primary amides is 1. The molecule has 6 heterocycles. The Kier molecular flexibility index (Phi) is 18.7. The molecule has 4 saturated heterocycles. The van der Waals surface area contributed by atoms with E-state index in [-0.39, 0.29) is 90.7 Å². The van der Waals surface area contributed by atoms with Crippen LogP contribution in [-0.4, -0.2) is 152 Å². The quantitative estimate of drug-likeness (QED) is 0.0321. The molecule has 21 nitrogen and oxygen atoms in total. The number of fused-ring (bicyclic) bond motifs is 3. The lowest BCUT2D eigenvalue weighted by molar-refractivity contribution is -0.144. The molecule has 1 aromatic heterocycles. The van der Waals surface area contributed by atoms with Crippen molar-refractivity contribution in [2.24, 2.45) is 11.7 Å². The van der Waals surface area contributed by atoms with Gasteiger partial charge in [0.1, 0.15) is 30.2 Å². The van der Waals surface area contributed by atoms with Crippen LogP contribution in [0, 0.1) is 17.8 Å². The third-order valence-corrected chi connectivity index (χ3v) is 18.2. The van der Waals surface area contributed by atoms with E-state index < -0.39 is 116 Å². The number of nitrogens with zero attached hydrogens (tertiary/aromatic N) is 4. The first-order valence-corrected chi connectivity index (χ1v) is 30.0. The SMILES string of the molecule is NC(=O)CC[C@H](NC(=O)[C@@H]1CC[C@@H]2CCN(CC(F)F)C[C@H](NC(=O)c3cc4cc(C(F)(F)P(=O)(O)O)ccc4s3)C(=O)N21)C(=O)N[C@H](C(=O)N1CCC(CCC#Cc2cccc3c2CN(C2CCC(=O)NC2=O)C3=O)CC1)c1ccccc1. The Morgan fingerprint density at radius 1 is 0.893 bits per heavy atom. The zero-order valence-electron chi connectivity index (χ0n) is 45.3. The van der Waals surface area contributed by atoms with Crippen LogP contribution < -0.4 is 27.0 Å². The van der Waals surface area contributed by atoms with E-state index in [0.29, 0.717) is 49.0 Å². The Morgan fingerprint density at radius 2 is 1.64 bits per heavy atom. The number of benzene rings is 3. The molecule has 9 amide bonds. The van der Waals surface area contributed by atoms with Crippen LogP contribution in [0.1, 0.15) is 119 Å². The third-order valence-electron chi connectivity index (χ3n) is 16.1. The van der Waals surface area contributed by atoms with E-state index in [1.807, 2.05) is 6.07 Å². The number of amides is 9. The van der Waals surface area contributed by atoms with Crippen LogP contribution in [-0.2, 0) is 50.3 Å². The van der Waals surface area contributed by atoms with E-state index in [1.54, 1.807) is 47.4 Å². The fourth-order valence-electron chi connectivity index (χ4n) is 11.7. The lowest BCUT2D eigenvalue weighted by atomic mass is 9.91. The van der Waals surface area contributed by atoms with Crippen LogP contribution in [0.5, 0.6) is 0 Å². The first kappa shape index (κ1) is 61.0. The fraction of sp³-hybridized carbons (Fsp3) is 0.456. The van der Waals surface area contributed by atoms with Crippen molar-refractivity contribution < 1.29 is 75.1 Å². The summed E-state index contributed by atoms with van der Waals surface area (Å²) in [5, 5.41) is 10.4. The number of rotatable bonds is 18. The van der Waals surface area contributed by atoms with Crippen LogP contribution in [0.15, 0.2) is 72.8 Å². The van der Waals surface area contributed by atoms with Crippen molar-refractivity contribution in [3.05, 3.63) is 105 Å². The van der Waals surface area contributed by atoms with Gasteiger partial charge in [0.15, 0.2) is 0 Å². The van der Waals surface area contributed by atoms with Gasteiger partial charge in [-0.25, -0.2) is 8.78 Å². The van der Waals surface area contributed by atoms with Crippen molar-refractivity contribution in [3.63, 3.8) is 0 Å². The predicted molar refractivity (Wildman–Crippen MR) is 295 cm³/mol. The first-order chi connectivity index (χ1) is 40.0. The molecule has 9 rings (SSSR count). The lowest BCUT2D eigenvalue weighted by Gasteiger charge is -2.38. The number of nitrogens with two attached hydrogens (primary N) is 1. The van der Waals surface area contributed by atoms with Gasteiger partial charge in [0.2, 0.25) is 41.4 Å². The van der Waals surface area contributed by atoms with Gasteiger partial charge < -0.3 is 46.2 Å². The summed E-state index contributed by atoms with van der Waals surface area (Å²) in [7, 11) is -5.93. The van der Waals surface area contributed by atoms with Crippen LogP contribution in [0.4, 0.5) is 17.6 Å². The summed E-state index contributed by atoms with van der Waals surface area (Å²) in [6.07, 6.45) is -0.172. The molecule has 6 atom stereocenters. The van der Waals surface area contributed by atoms with Crippen molar-refractivity contribution in [3.8, 4) is 11.8 Å². The summed E-state index contributed by atoms with van der Waals surface area (Å²) in [5.41, 5.74) is 2.28. The second kappa shape index (κ2) is 25.7. The monoisotopic (exact) mass is 1200 g/mol. The number of likely N-dealkylation sites (tertiary alicyclic amines) is 1. The molecule has 446 valence electrons. The minimum absolute atomic E-state index is 0.0272. The maximum absolute atomic E-state index is 14.7. The molecule has 8 N–H and O–H groups in total. The largest absolute Gasteiger partial charge is 0.399 e. The summed E-state index contributed by atoms with van der Waals surface area (Å²) in [4.78, 5) is 146. The number of alkyl halides is 4. The number of hydrogen-bond donors (Lipinski definition) is 7. The Labute approximate surface area is 483 Å². The minimum Gasteiger partial charge on any atom is -0.370 e. The van der Waals surface area contributed by atoms with Gasteiger partial charge in [0, 0.05) is 79.4 Å². The van der Waals surface area contributed by atoms with Gasteiger partial charge in [-0.2, -0.15) is 8.78 Å². The van der Waals surface area contributed by atoms with E-state index in [4.69, 9.17) is 5.73 Å². The van der Waals surface area contributed by atoms with Gasteiger partial charge in [0.05, 0.1) is 11.4 Å². The molecule has 4 aromatic rings. The highest BCUT2D eigenvalue weighted by molar-refractivity contribution is 7.52. The lowest BCUT2D eigenvalue weighted by Crippen LogP contribution is -2.61. The number of piperidine rings is 2. The number of hydrogen-bond acceptors (Lipinski definition) is 12. The molecular formula is C57H62F4N9O12PS. The van der Waals surface area contributed by atoms with Crippen molar-refractivity contribution >= 4 is 82.2 Å². The molecule has 27 heteroatoms. The molecule has 5 aliphatic rings. The van der Waals surface area contributed by atoms with E-state index in [0.717, 1.165) is 41.5 Å². The smallest absolute Gasteiger partial charge is 0.370 e. The molecule has 0 spiro atoms. The number of halogens is 4. The fourth-order valence-corrected chi connectivity index (χ4v) is 13.1. The molecule has 0 aliphatic carbocycles. The molecule has 3 aromatic carbocycles. The minimum atomic E-state index is -5.93. The van der Waals surface area contributed by atoms with Gasteiger partial charge in [-0.15, -0.1) is 11.3 Å². The number of thiophene rings is 1. The van der Waals surface area contributed by atoms with Crippen molar-refractivity contribution in [2.45, 2.75) is 126 Å². The molecule has 4 fully saturated rings. The Bertz CT molecular complexity index is 3370. The second-order valence-corrected chi connectivity index (χ2v) is 24.4. The maximum Gasteiger partial charge on any atom is 0.399 e. The molecule has 5 aliphatic heterocycles. The average molecular weight is 1200 g/mol. The zero-order valence-corrected chi connectivity index (χ0v) is 47.0. The molecule has 0 saturated carbocycles. The highest BCUT2D eigenvalue weighted by Crippen LogP contribution is 2.59. The average Bonchev–Trinajstić information content (AvgIpc) is 4.37. The predicted octanol–water partition coefficient (Wildman–Crippen LogP) is 4.00. The summed E-state index contributed by atoms with van der Waals surface area (Å²) < 4.78 is 68.8. The first-order valence-electron chi connectivity index (χ1n) is 27.6. The number of nitrogens with one attached hydrogen (secondary N) is 4. The summed E-state index contributed by atoms with van der Waals surface area (Å²) >= 11 is 0.812. The molecule has 1 unspecified atom stereocenters. The highest BCUT2D eigenvalue weighted by Gasteiger charge is 2.51. The topological polar surface area (TPSA) is 298 Å². The molecule has 0 radical (unpaired) electrons. The highest BCUT2D eigenvalue weighted by atomic mass is 32.1. The van der Waals surface area contributed by atoms with Crippen LogP contribution >= 0.6 is 18.9 Å².